The summed E-state index contributed by atoms with van der Waals surface area (Å²) in [6.07, 6.45) is 0. The molecule has 1 nitrogen and oxygen atoms in total. The van der Waals surface area contributed by atoms with Gasteiger partial charge in [-0.3, -0.25) is 0 Å². The molecule has 45 heavy (non-hydrogen) atoms. The van der Waals surface area contributed by atoms with E-state index in [-0.39, 0.29) is 0 Å². The van der Waals surface area contributed by atoms with E-state index in [0.29, 0.717) is 0 Å². The van der Waals surface area contributed by atoms with E-state index in [4.69, 9.17) is 4.74 Å². The van der Waals surface area contributed by atoms with Crippen molar-refractivity contribution in [3.63, 3.8) is 0 Å². The molecule has 0 radical (unpaired) electrons. The molecule has 0 N–H and O–H groups in total. The van der Waals surface area contributed by atoms with Crippen LogP contribution in [0, 0.1) is 0 Å². The van der Waals surface area contributed by atoms with Crippen molar-refractivity contribution in [2.24, 2.45) is 0 Å². The summed E-state index contributed by atoms with van der Waals surface area (Å²) in [7, 11) is 0. The van der Waals surface area contributed by atoms with E-state index in [1.54, 1.807) is 0 Å². The standard InChI is InChI=1S/C44H26O/c1-2-7-27(8-3-1)34-22-19-32(35-21-17-31-16-15-29-9-4-10-30-18-23-37(35)44(31)42(29)30)25-38(34)33-20-24-40-39(26-33)36-13-5-11-28-12-6-14-41(45-40)43(28)36/h1-26H. The summed E-state index contributed by atoms with van der Waals surface area (Å²) in [5.41, 5.74) is 9.61. The van der Waals surface area contributed by atoms with Gasteiger partial charge in [0.05, 0.1) is 0 Å². The molecule has 1 aliphatic rings. The third kappa shape index (κ3) is 3.62. The summed E-state index contributed by atoms with van der Waals surface area (Å²) in [6.45, 7) is 0. The number of fused-ring (bicyclic) bond motifs is 2. The van der Waals surface area contributed by atoms with Crippen LogP contribution < -0.4 is 4.74 Å². The van der Waals surface area contributed by atoms with Gasteiger partial charge in [-0.2, -0.15) is 0 Å². The fourth-order valence-corrected chi connectivity index (χ4v) is 7.54. The molecule has 208 valence electrons. The van der Waals surface area contributed by atoms with Crippen LogP contribution >= 0.6 is 0 Å². The zero-order chi connectivity index (χ0) is 29.5. The van der Waals surface area contributed by atoms with E-state index in [9.17, 15) is 0 Å². The fraction of sp³-hybridized carbons (Fsp3) is 0. The highest BCUT2D eigenvalue weighted by Gasteiger charge is 2.21. The van der Waals surface area contributed by atoms with Crippen LogP contribution in [-0.2, 0) is 0 Å². The van der Waals surface area contributed by atoms with Crippen LogP contribution in [-0.4, -0.2) is 0 Å². The highest BCUT2D eigenvalue weighted by atomic mass is 16.5. The van der Waals surface area contributed by atoms with Gasteiger partial charge in [0, 0.05) is 10.9 Å². The Labute approximate surface area is 260 Å². The number of hydrogen-bond donors (Lipinski definition) is 0. The second kappa shape index (κ2) is 9.29. The van der Waals surface area contributed by atoms with Gasteiger partial charge < -0.3 is 4.74 Å². The lowest BCUT2D eigenvalue weighted by molar-refractivity contribution is 0.487. The van der Waals surface area contributed by atoms with Gasteiger partial charge in [-0.1, -0.05) is 133 Å². The van der Waals surface area contributed by atoms with Crippen molar-refractivity contribution in [3.8, 4) is 56.0 Å². The highest BCUT2D eigenvalue weighted by molar-refractivity contribution is 6.25. The van der Waals surface area contributed by atoms with Gasteiger partial charge in [0.2, 0.25) is 0 Å². The van der Waals surface area contributed by atoms with Crippen LogP contribution in [0.1, 0.15) is 0 Å². The van der Waals surface area contributed by atoms with Gasteiger partial charge in [0.15, 0.2) is 0 Å². The van der Waals surface area contributed by atoms with Crippen molar-refractivity contribution in [1.29, 1.82) is 0 Å². The summed E-state index contributed by atoms with van der Waals surface area (Å²) in [5, 5.41) is 10.2. The first-order valence-electron chi connectivity index (χ1n) is 15.5. The molecule has 0 amide bonds. The monoisotopic (exact) mass is 570 g/mol. The van der Waals surface area contributed by atoms with Crippen molar-refractivity contribution >= 4 is 43.1 Å². The second-order valence-corrected chi connectivity index (χ2v) is 12.1. The number of rotatable bonds is 3. The Hall–Kier alpha value is -5.92. The van der Waals surface area contributed by atoms with E-state index >= 15 is 0 Å². The van der Waals surface area contributed by atoms with E-state index in [1.165, 1.54) is 82.0 Å². The third-order valence-corrected chi connectivity index (χ3v) is 9.61. The largest absolute Gasteiger partial charge is 0.456 e. The Morgan fingerprint density at radius 2 is 0.911 bits per heavy atom. The first-order chi connectivity index (χ1) is 22.3. The van der Waals surface area contributed by atoms with Gasteiger partial charge in [0.1, 0.15) is 11.5 Å². The highest BCUT2D eigenvalue weighted by Crippen LogP contribution is 2.49. The Balaban J connectivity index is 1.22. The van der Waals surface area contributed by atoms with Crippen LogP contribution in [0.2, 0.25) is 0 Å². The summed E-state index contributed by atoms with van der Waals surface area (Å²) in [6, 6.07) is 57.4. The van der Waals surface area contributed by atoms with E-state index in [2.05, 4.69) is 158 Å². The Morgan fingerprint density at radius 3 is 1.76 bits per heavy atom. The maximum Gasteiger partial charge on any atom is 0.135 e. The Bertz CT molecular complexity index is 2590. The van der Waals surface area contributed by atoms with Crippen LogP contribution in [0.5, 0.6) is 11.5 Å². The molecule has 0 fully saturated rings. The minimum atomic E-state index is 0.897. The average Bonchev–Trinajstić information content (AvgIpc) is 3.11. The lowest BCUT2D eigenvalue weighted by Gasteiger charge is -2.22. The lowest BCUT2D eigenvalue weighted by atomic mass is 9.86. The zero-order valence-corrected chi connectivity index (χ0v) is 24.4. The molecular weight excluding hydrogens is 544 g/mol. The van der Waals surface area contributed by atoms with Gasteiger partial charge in [-0.25, -0.2) is 0 Å². The van der Waals surface area contributed by atoms with Crippen LogP contribution in [0.4, 0.5) is 0 Å². The molecule has 0 atom stereocenters. The molecule has 1 heteroatoms. The average molecular weight is 571 g/mol. The van der Waals surface area contributed by atoms with E-state index in [0.717, 1.165) is 17.1 Å². The first kappa shape index (κ1) is 24.5. The number of ether oxygens (including phenoxy) is 1. The van der Waals surface area contributed by atoms with Crippen molar-refractivity contribution < 1.29 is 4.74 Å². The summed E-state index contributed by atoms with van der Waals surface area (Å²) < 4.78 is 6.45. The first-order valence-corrected chi connectivity index (χ1v) is 15.5. The molecule has 0 saturated carbocycles. The fourth-order valence-electron chi connectivity index (χ4n) is 7.54. The Kier molecular flexibility index (Phi) is 5.06. The molecule has 0 bridgehead atoms. The zero-order valence-electron chi connectivity index (χ0n) is 24.4. The summed E-state index contributed by atoms with van der Waals surface area (Å²) in [4.78, 5) is 0. The predicted molar refractivity (Wildman–Crippen MR) is 189 cm³/mol. The molecule has 10 rings (SSSR count). The minimum Gasteiger partial charge on any atom is -0.456 e. The summed E-state index contributed by atoms with van der Waals surface area (Å²) in [5.74, 6) is 1.82. The maximum absolute atomic E-state index is 6.45. The van der Waals surface area contributed by atoms with E-state index in [1.807, 2.05) is 0 Å². The molecule has 0 unspecified atom stereocenters. The molecule has 9 aromatic rings. The molecule has 9 aromatic carbocycles. The van der Waals surface area contributed by atoms with Gasteiger partial charge in [-0.15, -0.1) is 0 Å². The SMILES string of the molecule is c1ccc(-c2ccc(-c3ccc4ccc5cccc6ccc3c4c56)cc2-c2ccc3c(c2)-c2cccc4cccc(c24)O3)cc1. The van der Waals surface area contributed by atoms with Crippen LogP contribution in [0.25, 0.3) is 87.6 Å². The molecule has 1 aliphatic heterocycles. The summed E-state index contributed by atoms with van der Waals surface area (Å²) >= 11 is 0. The molecule has 0 aliphatic carbocycles. The molecular formula is C44H26O. The van der Waals surface area contributed by atoms with E-state index < -0.39 is 0 Å². The topological polar surface area (TPSA) is 9.23 Å². The van der Waals surface area contributed by atoms with Crippen molar-refractivity contribution in [3.05, 3.63) is 158 Å². The smallest absolute Gasteiger partial charge is 0.135 e. The third-order valence-electron chi connectivity index (χ3n) is 9.61. The minimum absolute atomic E-state index is 0.897. The van der Waals surface area contributed by atoms with Crippen LogP contribution in [0.3, 0.4) is 0 Å². The Morgan fingerprint density at radius 1 is 0.289 bits per heavy atom. The van der Waals surface area contributed by atoms with Crippen molar-refractivity contribution in [2.45, 2.75) is 0 Å². The predicted octanol–water partition coefficient (Wildman–Crippen LogP) is 12.5. The van der Waals surface area contributed by atoms with Gasteiger partial charge in [0.25, 0.3) is 0 Å². The number of hydrogen-bond acceptors (Lipinski definition) is 1. The molecule has 1 heterocycles. The van der Waals surface area contributed by atoms with Crippen LogP contribution in [0.15, 0.2) is 158 Å². The van der Waals surface area contributed by atoms with Crippen molar-refractivity contribution in [2.75, 3.05) is 0 Å². The second-order valence-electron chi connectivity index (χ2n) is 12.1. The molecule has 0 spiro atoms. The maximum atomic E-state index is 6.45. The van der Waals surface area contributed by atoms with Gasteiger partial charge in [-0.05, 0) is 101 Å². The van der Waals surface area contributed by atoms with Gasteiger partial charge >= 0.3 is 0 Å². The number of benzene rings is 9. The molecule has 0 saturated heterocycles. The van der Waals surface area contributed by atoms with Crippen molar-refractivity contribution in [1.82, 2.24) is 0 Å². The molecule has 0 aromatic heterocycles. The quantitative estimate of drug-likeness (QED) is 0.192. The normalized spacial score (nSPS) is 12.2. The lowest BCUT2D eigenvalue weighted by Crippen LogP contribution is -1.97.